The zero-order valence-corrected chi connectivity index (χ0v) is 12.0. The third kappa shape index (κ3) is 2.62. The number of halogens is 1. The highest BCUT2D eigenvalue weighted by Crippen LogP contribution is 2.24. The molecule has 102 valence electrons. The lowest BCUT2D eigenvalue weighted by molar-refractivity contribution is 0.0152. The second-order valence-electron chi connectivity index (χ2n) is 4.33. The minimum atomic E-state index is -0.127. The van der Waals surface area contributed by atoms with E-state index in [0.717, 1.165) is 4.47 Å². The SMILES string of the molecule is O=C(c1cnccn1)N1CC(Oc2ncccc2Br)C1. The van der Waals surface area contributed by atoms with Crippen LogP contribution in [0.15, 0.2) is 41.4 Å². The lowest BCUT2D eigenvalue weighted by Crippen LogP contribution is -2.56. The summed E-state index contributed by atoms with van der Waals surface area (Å²) in [5, 5.41) is 0. The monoisotopic (exact) mass is 334 g/mol. The molecule has 0 radical (unpaired) electrons. The summed E-state index contributed by atoms with van der Waals surface area (Å²) in [6, 6.07) is 3.69. The summed E-state index contributed by atoms with van der Waals surface area (Å²) in [6.45, 7) is 1.05. The number of carbonyl (C=O) groups is 1. The zero-order valence-electron chi connectivity index (χ0n) is 10.4. The van der Waals surface area contributed by atoms with Crippen LogP contribution in [0.3, 0.4) is 0 Å². The number of pyridine rings is 1. The molecule has 0 aliphatic carbocycles. The van der Waals surface area contributed by atoms with Gasteiger partial charge < -0.3 is 9.64 Å². The molecule has 0 spiro atoms. The summed E-state index contributed by atoms with van der Waals surface area (Å²) in [6.07, 6.45) is 6.14. The van der Waals surface area contributed by atoms with Crippen LogP contribution in [0.25, 0.3) is 0 Å². The van der Waals surface area contributed by atoms with Gasteiger partial charge in [0.2, 0.25) is 5.88 Å². The van der Waals surface area contributed by atoms with E-state index in [1.165, 1.54) is 18.6 Å². The summed E-state index contributed by atoms with van der Waals surface area (Å²) in [5.41, 5.74) is 0.352. The first-order valence-corrected chi connectivity index (χ1v) is 6.86. The number of nitrogens with zero attached hydrogens (tertiary/aromatic N) is 4. The van der Waals surface area contributed by atoms with Gasteiger partial charge in [-0.3, -0.25) is 9.78 Å². The second-order valence-corrected chi connectivity index (χ2v) is 5.19. The van der Waals surface area contributed by atoms with E-state index in [1.807, 2.05) is 12.1 Å². The number of ether oxygens (including phenoxy) is 1. The molecule has 6 nitrogen and oxygen atoms in total. The molecular weight excluding hydrogens is 324 g/mol. The number of carbonyl (C=O) groups excluding carboxylic acids is 1. The summed E-state index contributed by atoms with van der Waals surface area (Å²) in [7, 11) is 0. The third-order valence-corrected chi connectivity index (χ3v) is 3.52. The maximum absolute atomic E-state index is 12.0. The van der Waals surface area contributed by atoms with E-state index >= 15 is 0 Å². The van der Waals surface area contributed by atoms with E-state index in [4.69, 9.17) is 4.74 Å². The first kappa shape index (κ1) is 13.0. The summed E-state index contributed by atoms with van der Waals surface area (Å²) in [4.78, 5) is 25.7. The van der Waals surface area contributed by atoms with Gasteiger partial charge in [-0.25, -0.2) is 9.97 Å². The molecule has 20 heavy (non-hydrogen) atoms. The van der Waals surface area contributed by atoms with E-state index in [-0.39, 0.29) is 12.0 Å². The average Bonchev–Trinajstić information content (AvgIpc) is 2.44. The van der Waals surface area contributed by atoms with Crippen LogP contribution in [0.2, 0.25) is 0 Å². The molecule has 1 saturated heterocycles. The van der Waals surface area contributed by atoms with Gasteiger partial charge in [0.1, 0.15) is 11.8 Å². The highest BCUT2D eigenvalue weighted by atomic mass is 79.9. The van der Waals surface area contributed by atoms with Gasteiger partial charge >= 0.3 is 0 Å². The molecule has 0 saturated carbocycles. The zero-order chi connectivity index (χ0) is 13.9. The van der Waals surface area contributed by atoms with E-state index in [9.17, 15) is 4.79 Å². The Kier molecular flexibility index (Phi) is 3.60. The molecule has 2 aromatic heterocycles. The van der Waals surface area contributed by atoms with Gasteiger partial charge in [-0.15, -0.1) is 0 Å². The molecule has 1 amide bonds. The smallest absolute Gasteiger partial charge is 0.274 e. The standard InChI is InChI=1S/C13H11BrN4O2/c14-10-2-1-3-17-12(10)20-9-7-18(8-9)13(19)11-6-15-4-5-16-11/h1-6,9H,7-8H2. The summed E-state index contributed by atoms with van der Waals surface area (Å²) >= 11 is 3.37. The number of hydrogen-bond acceptors (Lipinski definition) is 5. The van der Waals surface area contributed by atoms with Crippen LogP contribution in [0, 0.1) is 0 Å². The lowest BCUT2D eigenvalue weighted by Gasteiger charge is -2.38. The second kappa shape index (κ2) is 5.54. The van der Waals surface area contributed by atoms with Crippen molar-refractivity contribution in [3.63, 3.8) is 0 Å². The Bertz CT molecular complexity index is 617. The van der Waals surface area contributed by atoms with Gasteiger partial charge in [-0.2, -0.15) is 0 Å². The molecule has 0 aromatic carbocycles. The van der Waals surface area contributed by atoms with Crippen LogP contribution >= 0.6 is 15.9 Å². The molecule has 2 aromatic rings. The molecule has 0 atom stereocenters. The largest absolute Gasteiger partial charge is 0.470 e. The number of rotatable bonds is 3. The Morgan fingerprint density at radius 2 is 2.15 bits per heavy atom. The highest BCUT2D eigenvalue weighted by molar-refractivity contribution is 9.10. The number of hydrogen-bond donors (Lipinski definition) is 0. The molecule has 1 aliphatic rings. The van der Waals surface area contributed by atoms with E-state index in [0.29, 0.717) is 24.7 Å². The van der Waals surface area contributed by atoms with Crippen molar-refractivity contribution in [1.82, 2.24) is 19.9 Å². The Labute approximate surface area is 124 Å². The van der Waals surface area contributed by atoms with Crippen LogP contribution in [0.1, 0.15) is 10.5 Å². The van der Waals surface area contributed by atoms with Crippen molar-refractivity contribution >= 4 is 21.8 Å². The van der Waals surface area contributed by atoms with Gasteiger partial charge in [0.15, 0.2) is 0 Å². The topological polar surface area (TPSA) is 68.2 Å². The maximum atomic E-state index is 12.0. The van der Waals surface area contributed by atoms with Gasteiger partial charge in [0, 0.05) is 18.6 Å². The molecule has 7 heteroatoms. The van der Waals surface area contributed by atoms with Gasteiger partial charge in [0.25, 0.3) is 5.91 Å². The quantitative estimate of drug-likeness (QED) is 0.851. The van der Waals surface area contributed by atoms with E-state index < -0.39 is 0 Å². The molecule has 3 rings (SSSR count). The highest BCUT2D eigenvalue weighted by Gasteiger charge is 2.34. The molecule has 0 unspecified atom stereocenters. The fourth-order valence-corrected chi connectivity index (χ4v) is 2.21. The molecule has 0 bridgehead atoms. The number of aromatic nitrogens is 3. The van der Waals surface area contributed by atoms with Crippen molar-refractivity contribution in [3.8, 4) is 5.88 Å². The predicted molar refractivity (Wildman–Crippen MR) is 74.3 cm³/mol. The van der Waals surface area contributed by atoms with Crippen LogP contribution in [0.4, 0.5) is 0 Å². The van der Waals surface area contributed by atoms with Gasteiger partial charge in [-0.1, -0.05) is 0 Å². The molecule has 1 fully saturated rings. The predicted octanol–water partition coefficient (Wildman–Crippen LogP) is 1.54. The lowest BCUT2D eigenvalue weighted by atomic mass is 10.1. The Hall–Kier alpha value is -2.02. The maximum Gasteiger partial charge on any atom is 0.274 e. The van der Waals surface area contributed by atoms with Crippen molar-refractivity contribution in [2.45, 2.75) is 6.10 Å². The van der Waals surface area contributed by atoms with Crippen molar-refractivity contribution in [2.24, 2.45) is 0 Å². The number of amides is 1. The van der Waals surface area contributed by atoms with Gasteiger partial charge in [0.05, 0.1) is 23.8 Å². The van der Waals surface area contributed by atoms with E-state index in [2.05, 4.69) is 30.9 Å². The molecule has 0 N–H and O–H groups in total. The van der Waals surface area contributed by atoms with E-state index in [1.54, 1.807) is 11.1 Å². The van der Waals surface area contributed by atoms with Crippen molar-refractivity contribution in [2.75, 3.05) is 13.1 Å². The first-order chi connectivity index (χ1) is 9.74. The fourth-order valence-electron chi connectivity index (χ4n) is 1.87. The Balaban J connectivity index is 1.57. The molecular formula is C13H11BrN4O2. The minimum absolute atomic E-state index is 0.0400. The minimum Gasteiger partial charge on any atom is -0.470 e. The molecule has 3 heterocycles. The molecule has 1 aliphatic heterocycles. The van der Waals surface area contributed by atoms with Crippen molar-refractivity contribution in [3.05, 3.63) is 47.1 Å². The fraction of sp³-hybridized carbons (Fsp3) is 0.231. The third-order valence-electron chi connectivity index (χ3n) is 2.92. The average molecular weight is 335 g/mol. The van der Waals surface area contributed by atoms with Crippen LogP contribution in [0.5, 0.6) is 5.88 Å². The summed E-state index contributed by atoms with van der Waals surface area (Å²) < 4.78 is 6.51. The van der Waals surface area contributed by atoms with Gasteiger partial charge in [-0.05, 0) is 28.1 Å². The first-order valence-electron chi connectivity index (χ1n) is 6.06. The van der Waals surface area contributed by atoms with Crippen molar-refractivity contribution in [1.29, 1.82) is 0 Å². The Morgan fingerprint density at radius 3 is 2.85 bits per heavy atom. The van der Waals surface area contributed by atoms with Crippen molar-refractivity contribution < 1.29 is 9.53 Å². The van der Waals surface area contributed by atoms with Crippen LogP contribution in [-0.2, 0) is 0 Å². The van der Waals surface area contributed by atoms with Crippen LogP contribution in [-0.4, -0.2) is 45.0 Å². The normalized spacial score (nSPS) is 14.8. The van der Waals surface area contributed by atoms with Crippen LogP contribution < -0.4 is 4.74 Å². The number of likely N-dealkylation sites (tertiary alicyclic amines) is 1. The summed E-state index contributed by atoms with van der Waals surface area (Å²) in [5.74, 6) is 0.419. The Morgan fingerprint density at radius 1 is 1.30 bits per heavy atom.